The smallest absolute Gasteiger partial charge is 0.308 e. The Hall–Kier alpha value is -1.91. The Bertz CT molecular complexity index is 523. The zero-order valence-electron chi connectivity index (χ0n) is 12.8. The molecule has 2 rings (SSSR count). The van der Waals surface area contributed by atoms with Gasteiger partial charge in [0.2, 0.25) is 5.91 Å². The van der Waals surface area contributed by atoms with Crippen LogP contribution in [-0.2, 0) is 9.59 Å². The zero-order valence-corrected chi connectivity index (χ0v) is 12.8. The van der Waals surface area contributed by atoms with E-state index in [-0.39, 0.29) is 24.2 Å². The first-order chi connectivity index (χ1) is 10.5. The van der Waals surface area contributed by atoms with E-state index in [1.807, 2.05) is 0 Å². The SMILES string of the molecule is CC(CN(C(=O)C1CCCCC1)c1ccc(F)cc1)C(=O)O. The Kier molecular flexibility index (Phi) is 5.52. The van der Waals surface area contributed by atoms with E-state index in [2.05, 4.69) is 0 Å². The fourth-order valence-electron chi connectivity index (χ4n) is 2.87. The summed E-state index contributed by atoms with van der Waals surface area (Å²) in [4.78, 5) is 25.4. The van der Waals surface area contributed by atoms with Gasteiger partial charge in [-0.1, -0.05) is 26.2 Å². The third-order valence-corrected chi connectivity index (χ3v) is 4.24. The van der Waals surface area contributed by atoms with Gasteiger partial charge in [0.05, 0.1) is 5.92 Å². The van der Waals surface area contributed by atoms with Crippen molar-refractivity contribution in [2.45, 2.75) is 39.0 Å². The van der Waals surface area contributed by atoms with Gasteiger partial charge >= 0.3 is 5.97 Å². The Labute approximate surface area is 129 Å². The first kappa shape index (κ1) is 16.5. The minimum absolute atomic E-state index is 0.0422. The second-order valence-electron chi connectivity index (χ2n) is 6.00. The number of carbonyl (C=O) groups excluding carboxylic acids is 1. The molecule has 1 N–H and O–H groups in total. The maximum Gasteiger partial charge on any atom is 0.308 e. The maximum absolute atomic E-state index is 13.1. The van der Waals surface area contributed by atoms with Gasteiger partial charge in [0.25, 0.3) is 0 Å². The molecular formula is C17H22FNO3. The fraction of sp³-hybridized carbons (Fsp3) is 0.529. The van der Waals surface area contributed by atoms with Crippen LogP contribution in [0.15, 0.2) is 24.3 Å². The van der Waals surface area contributed by atoms with Crippen LogP contribution >= 0.6 is 0 Å². The molecule has 1 aliphatic rings. The number of carboxylic acid groups (broad SMARTS) is 1. The number of hydrogen-bond acceptors (Lipinski definition) is 2. The van der Waals surface area contributed by atoms with Gasteiger partial charge in [-0.2, -0.15) is 0 Å². The highest BCUT2D eigenvalue weighted by molar-refractivity contribution is 5.95. The van der Waals surface area contributed by atoms with Crippen molar-refractivity contribution in [3.8, 4) is 0 Å². The third-order valence-electron chi connectivity index (χ3n) is 4.24. The third kappa shape index (κ3) is 4.06. The van der Waals surface area contributed by atoms with Crippen molar-refractivity contribution < 1.29 is 19.1 Å². The van der Waals surface area contributed by atoms with Gasteiger partial charge < -0.3 is 10.0 Å². The van der Waals surface area contributed by atoms with Gasteiger partial charge in [-0.25, -0.2) is 4.39 Å². The summed E-state index contributed by atoms with van der Waals surface area (Å²) < 4.78 is 13.1. The first-order valence-electron chi connectivity index (χ1n) is 7.79. The number of hydrogen-bond donors (Lipinski definition) is 1. The van der Waals surface area contributed by atoms with E-state index in [4.69, 9.17) is 5.11 Å². The van der Waals surface area contributed by atoms with Crippen LogP contribution in [0.25, 0.3) is 0 Å². The summed E-state index contributed by atoms with van der Waals surface area (Å²) in [5.74, 6) is -2.08. The molecule has 1 saturated carbocycles. The molecule has 1 fully saturated rings. The summed E-state index contributed by atoms with van der Waals surface area (Å²) in [5, 5.41) is 9.12. The van der Waals surface area contributed by atoms with Crippen molar-refractivity contribution >= 4 is 17.6 Å². The molecule has 5 heteroatoms. The number of carboxylic acids is 1. The summed E-state index contributed by atoms with van der Waals surface area (Å²) in [6, 6.07) is 5.65. The largest absolute Gasteiger partial charge is 0.481 e. The Morgan fingerprint density at radius 1 is 1.23 bits per heavy atom. The van der Waals surface area contributed by atoms with Crippen molar-refractivity contribution in [1.29, 1.82) is 0 Å². The van der Waals surface area contributed by atoms with Crippen LogP contribution in [0.3, 0.4) is 0 Å². The molecule has 0 bridgehead atoms. The second kappa shape index (κ2) is 7.38. The Morgan fingerprint density at radius 3 is 2.36 bits per heavy atom. The number of anilines is 1. The molecule has 4 nitrogen and oxygen atoms in total. The van der Waals surface area contributed by atoms with Gasteiger partial charge in [0, 0.05) is 18.2 Å². The molecule has 0 radical (unpaired) electrons. The lowest BCUT2D eigenvalue weighted by atomic mass is 9.88. The average Bonchev–Trinajstić information content (AvgIpc) is 2.53. The van der Waals surface area contributed by atoms with Crippen LogP contribution in [0.4, 0.5) is 10.1 Å². The number of halogens is 1. The van der Waals surface area contributed by atoms with E-state index in [9.17, 15) is 14.0 Å². The number of nitrogens with zero attached hydrogens (tertiary/aromatic N) is 1. The molecule has 1 aromatic rings. The molecule has 120 valence electrons. The van der Waals surface area contributed by atoms with E-state index in [1.165, 1.54) is 29.2 Å². The predicted octanol–water partition coefficient (Wildman–Crippen LogP) is 3.46. The number of rotatable bonds is 5. The summed E-state index contributed by atoms with van der Waals surface area (Å²) >= 11 is 0. The quantitative estimate of drug-likeness (QED) is 0.906. The van der Waals surface area contributed by atoms with Crippen LogP contribution in [-0.4, -0.2) is 23.5 Å². The highest BCUT2D eigenvalue weighted by Gasteiger charge is 2.29. The normalized spacial score (nSPS) is 17.0. The number of benzene rings is 1. The summed E-state index contributed by atoms with van der Waals surface area (Å²) in [6.45, 7) is 1.68. The molecule has 1 amide bonds. The van der Waals surface area contributed by atoms with Gasteiger partial charge in [0.1, 0.15) is 5.82 Å². The van der Waals surface area contributed by atoms with E-state index in [0.29, 0.717) is 5.69 Å². The standard InChI is InChI=1S/C17H22FNO3/c1-12(17(21)22)11-19(15-9-7-14(18)8-10-15)16(20)13-5-3-2-4-6-13/h7-10,12-13H,2-6,11H2,1H3,(H,21,22). The lowest BCUT2D eigenvalue weighted by molar-refractivity contribution is -0.140. The molecular weight excluding hydrogens is 285 g/mol. The van der Waals surface area contributed by atoms with Crippen LogP contribution in [0.1, 0.15) is 39.0 Å². The molecule has 0 heterocycles. The number of aliphatic carboxylic acids is 1. The minimum Gasteiger partial charge on any atom is -0.481 e. The molecule has 0 spiro atoms. The Morgan fingerprint density at radius 2 is 1.82 bits per heavy atom. The molecule has 0 aromatic heterocycles. The van der Waals surface area contributed by atoms with Crippen LogP contribution in [0.2, 0.25) is 0 Å². The number of carbonyl (C=O) groups is 2. The molecule has 0 saturated heterocycles. The Balaban J connectivity index is 2.21. The summed E-state index contributed by atoms with van der Waals surface area (Å²) in [6.07, 6.45) is 4.89. The summed E-state index contributed by atoms with van der Waals surface area (Å²) in [5.41, 5.74) is 0.560. The maximum atomic E-state index is 13.1. The first-order valence-corrected chi connectivity index (χ1v) is 7.79. The van der Waals surface area contributed by atoms with Gasteiger partial charge in [0.15, 0.2) is 0 Å². The van der Waals surface area contributed by atoms with Gasteiger partial charge in [-0.15, -0.1) is 0 Å². The van der Waals surface area contributed by atoms with Crippen molar-refractivity contribution in [2.75, 3.05) is 11.4 Å². The molecule has 0 aliphatic heterocycles. The molecule has 1 aromatic carbocycles. The minimum atomic E-state index is -0.941. The lowest BCUT2D eigenvalue weighted by Gasteiger charge is -2.30. The monoisotopic (exact) mass is 307 g/mol. The zero-order chi connectivity index (χ0) is 16.1. The highest BCUT2D eigenvalue weighted by atomic mass is 19.1. The van der Waals surface area contributed by atoms with Crippen molar-refractivity contribution in [3.05, 3.63) is 30.1 Å². The van der Waals surface area contributed by atoms with Crippen molar-refractivity contribution in [1.82, 2.24) is 0 Å². The average molecular weight is 307 g/mol. The van der Waals surface area contributed by atoms with E-state index < -0.39 is 11.9 Å². The fourth-order valence-corrected chi connectivity index (χ4v) is 2.87. The topological polar surface area (TPSA) is 57.6 Å². The molecule has 1 unspecified atom stereocenters. The van der Waals surface area contributed by atoms with E-state index in [1.54, 1.807) is 6.92 Å². The molecule has 22 heavy (non-hydrogen) atoms. The van der Waals surface area contributed by atoms with Gasteiger partial charge in [-0.3, -0.25) is 9.59 Å². The van der Waals surface area contributed by atoms with Crippen LogP contribution in [0.5, 0.6) is 0 Å². The summed E-state index contributed by atoms with van der Waals surface area (Å²) in [7, 11) is 0. The predicted molar refractivity (Wildman–Crippen MR) is 82.1 cm³/mol. The lowest BCUT2D eigenvalue weighted by Crippen LogP contribution is -2.41. The number of amides is 1. The van der Waals surface area contributed by atoms with Gasteiger partial charge in [-0.05, 0) is 37.1 Å². The molecule has 1 atom stereocenters. The second-order valence-corrected chi connectivity index (χ2v) is 6.00. The van der Waals surface area contributed by atoms with Crippen LogP contribution in [0, 0.1) is 17.7 Å². The van der Waals surface area contributed by atoms with E-state index >= 15 is 0 Å². The van der Waals surface area contributed by atoms with Crippen molar-refractivity contribution in [3.63, 3.8) is 0 Å². The van der Waals surface area contributed by atoms with E-state index in [0.717, 1.165) is 32.1 Å². The van der Waals surface area contributed by atoms with Crippen LogP contribution < -0.4 is 4.90 Å². The highest BCUT2D eigenvalue weighted by Crippen LogP contribution is 2.28. The molecule has 1 aliphatic carbocycles. The van der Waals surface area contributed by atoms with Crippen molar-refractivity contribution in [2.24, 2.45) is 11.8 Å².